The number of rotatable bonds is 2. The van der Waals surface area contributed by atoms with Gasteiger partial charge in [0.25, 0.3) is 0 Å². The van der Waals surface area contributed by atoms with Crippen LogP contribution in [0.3, 0.4) is 0 Å². The molecule has 3 rings (SSSR count). The van der Waals surface area contributed by atoms with E-state index in [-0.39, 0.29) is 11.7 Å². The zero-order valence-electron chi connectivity index (χ0n) is 10.5. The fourth-order valence-corrected chi connectivity index (χ4v) is 3.33. The van der Waals surface area contributed by atoms with Crippen molar-refractivity contribution in [2.24, 2.45) is 0 Å². The maximum atomic E-state index is 10.1. The average molecular weight is 297 g/mol. The number of phenols is 1. The molecule has 1 N–H and O–H groups in total. The van der Waals surface area contributed by atoms with Gasteiger partial charge in [0.05, 0.1) is 16.2 Å². The van der Waals surface area contributed by atoms with E-state index in [2.05, 4.69) is 12.0 Å². The lowest BCUT2D eigenvalue weighted by molar-refractivity contribution is 0.461. The molecule has 0 bridgehead atoms. The minimum absolute atomic E-state index is 0.178. The van der Waals surface area contributed by atoms with E-state index in [1.54, 1.807) is 12.1 Å². The van der Waals surface area contributed by atoms with Crippen LogP contribution in [0.25, 0.3) is 0 Å². The van der Waals surface area contributed by atoms with Crippen LogP contribution in [0.2, 0.25) is 10.0 Å². The summed E-state index contributed by atoms with van der Waals surface area (Å²) in [5.41, 5.74) is 3.23. The zero-order chi connectivity index (χ0) is 13.6. The summed E-state index contributed by atoms with van der Waals surface area (Å²) in [6.45, 7) is 2.93. The van der Waals surface area contributed by atoms with Gasteiger partial charge in [-0.05, 0) is 43.4 Å². The lowest BCUT2D eigenvalue weighted by atomic mass is 9.95. The van der Waals surface area contributed by atoms with Gasteiger partial charge in [-0.15, -0.1) is 0 Å². The van der Waals surface area contributed by atoms with Crippen molar-refractivity contribution in [1.82, 2.24) is 9.78 Å². The number of hydrogen-bond acceptors (Lipinski definition) is 2. The zero-order valence-corrected chi connectivity index (χ0v) is 12.0. The molecule has 5 heteroatoms. The predicted molar refractivity (Wildman–Crippen MR) is 76.2 cm³/mol. The van der Waals surface area contributed by atoms with Gasteiger partial charge in [0.1, 0.15) is 5.75 Å². The number of hydrogen-bond donors (Lipinski definition) is 1. The highest BCUT2D eigenvalue weighted by molar-refractivity contribution is 6.42. The van der Waals surface area contributed by atoms with Crippen LogP contribution in [-0.2, 0) is 19.4 Å². The Labute approximate surface area is 121 Å². The molecule has 0 aliphatic heterocycles. The van der Waals surface area contributed by atoms with E-state index < -0.39 is 0 Å². The predicted octanol–water partition coefficient (Wildman–Crippen LogP) is 3.80. The van der Waals surface area contributed by atoms with Crippen LogP contribution in [0.5, 0.6) is 5.75 Å². The van der Waals surface area contributed by atoms with Crippen molar-refractivity contribution in [3.63, 3.8) is 0 Å². The normalized spacial score (nSPS) is 17.7. The van der Waals surface area contributed by atoms with Crippen molar-refractivity contribution in [1.29, 1.82) is 0 Å². The summed E-state index contributed by atoms with van der Waals surface area (Å²) in [4.78, 5) is 0. The molecule has 0 fully saturated rings. The van der Waals surface area contributed by atoms with E-state index in [1.165, 1.54) is 11.3 Å². The number of fused-ring (bicyclic) bond motifs is 1. The number of nitrogens with zero attached hydrogens (tertiary/aromatic N) is 2. The summed E-state index contributed by atoms with van der Waals surface area (Å²) in [6.07, 6.45) is 3.61. The van der Waals surface area contributed by atoms with Gasteiger partial charge >= 0.3 is 0 Å². The molecule has 3 nitrogen and oxygen atoms in total. The summed E-state index contributed by atoms with van der Waals surface area (Å²) in [5, 5.41) is 15.3. The number of halogens is 2. The second-order valence-electron chi connectivity index (χ2n) is 4.83. The molecule has 19 heavy (non-hydrogen) atoms. The fraction of sp³-hybridized carbons (Fsp3) is 0.357. The maximum Gasteiger partial charge on any atom is 0.120 e. The molecule has 1 aromatic carbocycles. The van der Waals surface area contributed by atoms with E-state index in [9.17, 15) is 5.11 Å². The van der Waals surface area contributed by atoms with Gasteiger partial charge in [-0.1, -0.05) is 23.2 Å². The van der Waals surface area contributed by atoms with Gasteiger partial charge in [0.15, 0.2) is 0 Å². The van der Waals surface area contributed by atoms with Crippen molar-refractivity contribution in [3.05, 3.63) is 45.2 Å². The van der Waals surface area contributed by atoms with Gasteiger partial charge in [-0.25, -0.2) is 0 Å². The Morgan fingerprint density at radius 3 is 2.89 bits per heavy atom. The van der Waals surface area contributed by atoms with Crippen LogP contribution in [0, 0.1) is 0 Å². The third-order valence-corrected chi connectivity index (χ3v) is 4.58. The molecule has 100 valence electrons. The Bertz CT molecular complexity index is 637. The van der Waals surface area contributed by atoms with Crippen LogP contribution in [0.1, 0.15) is 29.7 Å². The van der Waals surface area contributed by atoms with Gasteiger partial charge < -0.3 is 5.11 Å². The first-order valence-electron chi connectivity index (χ1n) is 6.32. The van der Waals surface area contributed by atoms with Crippen LogP contribution in [0.4, 0.5) is 0 Å². The molecule has 0 radical (unpaired) electrons. The topological polar surface area (TPSA) is 38.0 Å². The number of aromatic nitrogens is 2. The SMILES string of the molecule is CCn1ncc2c1CC(c1c(O)ccc(Cl)c1Cl)C2. The molecule has 2 aromatic rings. The van der Waals surface area contributed by atoms with Crippen LogP contribution in [0.15, 0.2) is 18.3 Å². The van der Waals surface area contributed by atoms with E-state index in [1.807, 2.05) is 10.9 Å². The molecular formula is C14H14Cl2N2O. The molecular weight excluding hydrogens is 283 g/mol. The second-order valence-corrected chi connectivity index (χ2v) is 5.62. The molecule has 1 heterocycles. The standard InChI is InChI=1S/C14H14Cl2N2O/c1-2-18-11-6-8(5-9(11)7-17-18)13-12(19)4-3-10(15)14(13)16/h3-4,7-8,19H,2,5-6H2,1H3. The highest BCUT2D eigenvalue weighted by Crippen LogP contribution is 2.43. The van der Waals surface area contributed by atoms with Crippen LogP contribution < -0.4 is 0 Å². The Kier molecular flexibility index (Phi) is 3.19. The summed E-state index contributed by atoms with van der Waals surface area (Å²) in [6, 6.07) is 3.23. The van der Waals surface area contributed by atoms with Gasteiger partial charge in [0.2, 0.25) is 0 Å². The maximum absolute atomic E-state index is 10.1. The Balaban J connectivity index is 1.99. The Hall–Kier alpha value is -1.19. The Morgan fingerprint density at radius 1 is 1.37 bits per heavy atom. The monoisotopic (exact) mass is 296 g/mol. The highest BCUT2D eigenvalue weighted by Gasteiger charge is 2.30. The van der Waals surface area contributed by atoms with E-state index in [0.717, 1.165) is 24.9 Å². The summed E-state index contributed by atoms with van der Waals surface area (Å²) >= 11 is 12.3. The molecule has 1 aromatic heterocycles. The largest absolute Gasteiger partial charge is 0.508 e. The summed E-state index contributed by atoms with van der Waals surface area (Å²) in [5.74, 6) is 0.401. The molecule has 0 spiro atoms. The molecule has 0 saturated heterocycles. The molecule has 0 saturated carbocycles. The van der Waals surface area contributed by atoms with Crippen LogP contribution >= 0.6 is 23.2 Å². The molecule has 1 unspecified atom stereocenters. The van der Waals surface area contributed by atoms with E-state index >= 15 is 0 Å². The van der Waals surface area contributed by atoms with Crippen LogP contribution in [-0.4, -0.2) is 14.9 Å². The van der Waals surface area contributed by atoms with E-state index in [4.69, 9.17) is 23.2 Å². The van der Waals surface area contributed by atoms with Crippen molar-refractivity contribution in [2.45, 2.75) is 32.2 Å². The molecule has 1 atom stereocenters. The first kappa shape index (κ1) is 12.8. The lowest BCUT2D eigenvalue weighted by Crippen LogP contribution is -2.05. The third-order valence-electron chi connectivity index (χ3n) is 3.76. The summed E-state index contributed by atoms with van der Waals surface area (Å²) < 4.78 is 2.00. The minimum atomic E-state index is 0.178. The number of benzene rings is 1. The smallest absolute Gasteiger partial charge is 0.120 e. The number of phenolic OH excluding ortho intramolecular Hbond substituents is 1. The van der Waals surface area contributed by atoms with Crippen molar-refractivity contribution in [3.8, 4) is 5.75 Å². The minimum Gasteiger partial charge on any atom is -0.508 e. The van der Waals surface area contributed by atoms with Crippen molar-refractivity contribution >= 4 is 23.2 Å². The quantitative estimate of drug-likeness (QED) is 0.915. The lowest BCUT2D eigenvalue weighted by Gasteiger charge is -2.15. The average Bonchev–Trinajstić information content (AvgIpc) is 2.94. The number of aromatic hydroxyl groups is 1. The van der Waals surface area contributed by atoms with Crippen molar-refractivity contribution in [2.75, 3.05) is 0 Å². The molecule has 1 aliphatic carbocycles. The van der Waals surface area contributed by atoms with Crippen molar-refractivity contribution < 1.29 is 5.11 Å². The second kappa shape index (κ2) is 4.73. The first-order chi connectivity index (χ1) is 9.11. The van der Waals surface area contributed by atoms with Gasteiger partial charge in [0, 0.05) is 17.8 Å². The third kappa shape index (κ3) is 2.01. The van der Waals surface area contributed by atoms with Gasteiger partial charge in [-0.3, -0.25) is 4.68 Å². The van der Waals surface area contributed by atoms with Gasteiger partial charge in [-0.2, -0.15) is 5.10 Å². The summed E-state index contributed by atoms with van der Waals surface area (Å²) in [7, 11) is 0. The first-order valence-corrected chi connectivity index (χ1v) is 7.07. The Morgan fingerprint density at radius 2 is 2.16 bits per heavy atom. The highest BCUT2D eigenvalue weighted by atomic mass is 35.5. The van der Waals surface area contributed by atoms with E-state index in [0.29, 0.717) is 10.0 Å². The molecule has 1 aliphatic rings. The molecule has 0 amide bonds. The fourth-order valence-electron chi connectivity index (χ4n) is 2.85. The number of aryl methyl sites for hydroxylation is 1.